The second kappa shape index (κ2) is 5.50. The van der Waals surface area contributed by atoms with Crippen molar-refractivity contribution < 1.29 is 8.42 Å². The van der Waals surface area contributed by atoms with Crippen LogP contribution in [0.25, 0.3) is 0 Å². The molecule has 8 heteroatoms. The maximum absolute atomic E-state index is 12.0. The van der Waals surface area contributed by atoms with Crippen LogP contribution in [0.15, 0.2) is 35.5 Å². The summed E-state index contributed by atoms with van der Waals surface area (Å²) in [5, 5.41) is 2.86. The summed E-state index contributed by atoms with van der Waals surface area (Å²) in [6.45, 7) is 1.59. The number of nitrogens with one attached hydrogen (secondary N) is 1. The lowest BCUT2D eigenvalue weighted by Crippen LogP contribution is -2.08. The van der Waals surface area contributed by atoms with Crippen LogP contribution < -0.4 is 5.32 Å². The third-order valence-corrected chi connectivity index (χ3v) is 4.36. The summed E-state index contributed by atoms with van der Waals surface area (Å²) in [4.78, 5) is 11.6. The molecule has 0 saturated carbocycles. The minimum Gasteiger partial charge on any atom is -0.323 e. The number of hydrogen-bond acceptors (Lipinski definition) is 6. The fourth-order valence-electron chi connectivity index (χ4n) is 1.45. The smallest absolute Gasteiger partial charge is 0.231 e. The Morgan fingerprint density at radius 3 is 2.68 bits per heavy atom. The molecule has 0 aliphatic rings. The van der Waals surface area contributed by atoms with Crippen LogP contribution in [0.1, 0.15) is 6.92 Å². The zero-order valence-electron chi connectivity index (χ0n) is 10.0. The topological polar surface area (TPSA) is 84.8 Å². The molecule has 100 valence electrons. The van der Waals surface area contributed by atoms with Gasteiger partial charge in [0.2, 0.25) is 11.2 Å². The fourth-order valence-corrected chi connectivity index (χ4v) is 2.63. The van der Waals surface area contributed by atoms with E-state index in [0.29, 0.717) is 5.69 Å². The Hall–Kier alpha value is -1.73. The molecule has 1 heterocycles. The molecule has 1 N–H and O–H groups in total. The largest absolute Gasteiger partial charge is 0.323 e. The minimum atomic E-state index is -3.33. The summed E-state index contributed by atoms with van der Waals surface area (Å²) in [5.74, 6) is 0.211. The molecule has 19 heavy (non-hydrogen) atoms. The first-order chi connectivity index (χ1) is 9.03. The van der Waals surface area contributed by atoms with Crippen LogP contribution in [-0.2, 0) is 9.84 Å². The normalized spacial score (nSPS) is 11.3. The van der Waals surface area contributed by atoms with E-state index in [1.165, 1.54) is 12.4 Å². The number of rotatable bonds is 4. The number of nitrogens with zero attached hydrogens (tertiary/aromatic N) is 3. The molecule has 0 aliphatic carbocycles. The summed E-state index contributed by atoms with van der Waals surface area (Å²) in [6.07, 6.45) is 1.24. The van der Waals surface area contributed by atoms with E-state index in [1.54, 1.807) is 25.1 Å². The number of anilines is 2. The lowest BCUT2D eigenvalue weighted by molar-refractivity contribution is 0.597. The molecule has 0 aliphatic heterocycles. The van der Waals surface area contributed by atoms with Gasteiger partial charge in [0.25, 0.3) is 0 Å². The molecule has 0 unspecified atom stereocenters. The Balaban J connectivity index is 2.42. The summed E-state index contributed by atoms with van der Waals surface area (Å²) in [5.41, 5.74) is 0.409. The standard InChI is InChI=1S/C11H11ClN4O2S/c1-2-19(17,18)9-6-4-3-5-8(9)15-11-14-7-13-10(12)16-11/h3-7H,2H2,1H3,(H,13,14,15,16). The van der Waals surface area contributed by atoms with E-state index in [1.807, 2.05) is 0 Å². The van der Waals surface area contributed by atoms with Gasteiger partial charge < -0.3 is 5.32 Å². The van der Waals surface area contributed by atoms with Crippen LogP contribution in [0.4, 0.5) is 11.6 Å². The Labute approximate surface area is 115 Å². The Morgan fingerprint density at radius 1 is 1.26 bits per heavy atom. The molecular formula is C11H11ClN4O2S. The van der Waals surface area contributed by atoms with Crippen molar-refractivity contribution in [1.29, 1.82) is 0 Å². The summed E-state index contributed by atoms with van der Waals surface area (Å²) in [6, 6.07) is 6.55. The van der Waals surface area contributed by atoms with Crippen molar-refractivity contribution in [2.24, 2.45) is 0 Å². The highest BCUT2D eigenvalue weighted by Gasteiger charge is 2.16. The van der Waals surface area contributed by atoms with Crippen LogP contribution in [0, 0.1) is 0 Å². The van der Waals surface area contributed by atoms with Crippen molar-refractivity contribution in [3.63, 3.8) is 0 Å². The van der Waals surface area contributed by atoms with Gasteiger partial charge in [-0.15, -0.1) is 0 Å². The van der Waals surface area contributed by atoms with Gasteiger partial charge in [0, 0.05) is 0 Å². The zero-order chi connectivity index (χ0) is 13.9. The third-order valence-electron chi connectivity index (χ3n) is 2.39. The van der Waals surface area contributed by atoms with Gasteiger partial charge in [0.1, 0.15) is 6.33 Å². The summed E-state index contributed by atoms with van der Waals surface area (Å²) < 4.78 is 23.9. The second-order valence-corrected chi connectivity index (χ2v) is 6.19. The van der Waals surface area contributed by atoms with E-state index >= 15 is 0 Å². The number of aromatic nitrogens is 3. The lowest BCUT2D eigenvalue weighted by atomic mass is 10.3. The maximum atomic E-state index is 12.0. The Morgan fingerprint density at radius 2 is 2.00 bits per heavy atom. The van der Waals surface area contributed by atoms with E-state index in [4.69, 9.17) is 11.6 Å². The molecule has 1 aromatic heterocycles. The number of halogens is 1. The molecule has 0 saturated heterocycles. The van der Waals surface area contributed by atoms with E-state index in [-0.39, 0.29) is 21.9 Å². The highest BCUT2D eigenvalue weighted by molar-refractivity contribution is 7.91. The van der Waals surface area contributed by atoms with Crippen molar-refractivity contribution in [2.75, 3.05) is 11.1 Å². The molecule has 6 nitrogen and oxygen atoms in total. The van der Waals surface area contributed by atoms with Crippen LogP contribution >= 0.6 is 11.6 Å². The average molecular weight is 299 g/mol. The minimum absolute atomic E-state index is 0.0175. The van der Waals surface area contributed by atoms with Gasteiger partial charge in [-0.05, 0) is 23.7 Å². The van der Waals surface area contributed by atoms with Crippen molar-refractivity contribution in [3.05, 3.63) is 35.9 Å². The number of sulfone groups is 1. The van der Waals surface area contributed by atoms with Crippen molar-refractivity contribution in [1.82, 2.24) is 15.0 Å². The molecule has 0 atom stereocenters. The van der Waals surface area contributed by atoms with E-state index in [0.717, 1.165) is 0 Å². The van der Waals surface area contributed by atoms with Crippen LogP contribution in [0.3, 0.4) is 0 Å². The first kappa shape index (κ1) is 13.7. The molecule has 0 fully saturated rings. The van der Waals surface area contributed by atoms with Crippen molar-refractivity contribution in [2.45, 2.75) is 11.8 Å². The van der Waals surface area contributed by atoms with Crippen LogP contribution in [0.5, 0.6) is 0 Å². The molecule has 0 bridgehead atoms. The van der Waals surface area contributed by atoms with Gasteiger partial charge in [-0.1, -0.05) is 19.1 Å². The van der Waals surface area contributed by atoms with Gasteiger partial charge in [-0.3, -0.25) is 0 Å². The van der Waals surface area contributed by atoms with Crippen molar-refractivity contribution in [3.8, 4) is 0 Å². The highest BCUT2D eigenvalue weighted by atomic mass is 35.5. The van der Waals surface area contributed by atoms with Gasteiger partial charge in [-0.25, -0.2) is 18.4 Å². The molecule has 0 amide bonds. The Bertz CT molecular complexity index is 691. The predicted molar refractivity (Wildman–Crippen MR) is 72.3 cm³/mol. The number of para-hydroxylation sites is 1. The van der Waals surface area contributed by atoms with Crippen LogP contribution in [0.2, 0.25) is 5.28 Å². The molecule has 2 aromatic rings. The highest BCUT2D eigenvalue weighted by Crippen LogP contribution is 2.24. The summed E-state index contributed by atoms with van der Waals surface area (Å²) >= 11 is 5.65. The lowest BCUT2D eigenvalue weighted by Gasteiger charge is -2.10. The maximum Gasteiger partial charge on any atom is 0.231 e. The molecule has 1 aromatic carbocycles. The first-order valence-corrected chi connectivity index (χ1v) is 7.49. The van der Waals surface area contributed by atoms with Crippen molar-refractivity contribution >= 4 is 33.1 Å². The van der Waals surface area contributed by atoms with Gasteiger partial charge in [-0.2, -0.15) is 4.98 Å². The second-order valence-electron chi connectivity index (χ2n) is 3.60. The van der Waals surface area contributed by atoms with E-state index in [2.05, 4.69) is 20.3 Å². The van der Waals surface area contributed by atoms with Gasteiger partial charge >= 0.3 is 0 Å². The molecular weight excluding hydrogens is 288 g/mol. The van der Waals surface area contributed by atoms with Gasteiger partial charge in [0.15, 0.2) is 9.84 Å². The monoisotopic (exact) mass is 298 g/mol. The summed E-state index contributed by atoms with van der Waals surface area (Å²) in [7, 11) is -3.33. The average Bonchev–Trinajstić information content (AvgIpc) is 2.39. The van der Waals surface area contributed by atoms with E-state index in [9.17, 15) is 8.42 Å². The molecule has 0 radical (unpaired) electrons. The third kappa shape index (κ3) is 3.18. The fraction of sp³-hybridized carbons (Fsp3) is 0.182. The number of hydrogen-bond donors (Lipinski definition) is 1. The van der Waals surface area contributed by atoms with E-state index < -0.39 is 9.84 Å². The SMILES string of the molecule is CCS(=O)(=O)c1ccccc1Nc1ncnc(Cl)n1. The predicted octanol–water partition coefficient (Wildman–Crippen LogP) is 2.06. The molecule has 0 spiro atoms. The number of benzene rings is 1. The van der Waals surface area contributed by atoms with Gasteiger partial charge in [0.05, 0.1) is 16.3 Å². The zero-order valence-corrected chi connectivity index (χ0v) is 11.6. The quantitative estimate of drug-likeness (QED) is 0.930. The molecule has 2 rings (SSSR count). The Kier molecular flexibility index (Phi) is 3.96. The van der Waals surface area contributed by atoms with Crippen LogP contribution in [-0.4, -0.2) is 29.1 Å². The first-order valence-electron chi connectivity index (χ1n) is 5.46.